The first-order chi connectivity index (χ1) is 17.7. The Morgan fingerprint density at radius 2 is 0.568 bits per heavy atom. The van der Waals surface area contributed by atoms with Crippen LogP contribution in [-0.2, 0) is 4.74 Å². The molecule has 0 radical (unpaired) electrons. The van der Waals surface area contributed by atoms with E-state index in [0.717, 1.165) is 37.5 Å². The molecule has 0 spiro atoms. The molecule has 4 unspecified atom stereocenters. The Morgan fingerprint density at radius 3 is 0.811 bits per heavy atom. The van der Waals surface area contributed by atoms with Gasteiger partial charge in [-0.3, -0.25) is 0 Å². The maximum absolute atomic E-state index is 6.27. The molecule has 0 amide bonds. The third-order valence-corrected chi connectivity index (χ3v) is 7.80. The quantitative estimate of drug-likeness (QED) is 0.0607. The molecular formula is C32H70N4O. The monoisotopic (exact) mass is 527 g/mol. The van der Waals surface area contributed by atoms with Crippen molar-refractivity contribution in [3.63, 3.8) is 0 Å². The highest BCUT2D eigenvalue weighted by Gasteiger charge is 2.21. The van der Waals surface area contributed by atoms with Crippen LogP contribution in [0.3, 0.4) is 0 Å². The van der Waals surface area contributed by atoms with Crippen molar-refractivity contribution in [2.45, 2.75) is 193 Å². The third-order valence-electron chi connectivity index (χ3n) is 7.80. The molecular weight excluding hydrogens is 456 g/mol. The molecule has 0 aliphatic carbocycles. The Balaban J connectivity index is 3.59. The smallest absolute Gasteiger partial charge is 0.123 e. The van der Waals surface area contributed by atoms with Crippen LogP contribution < -0.4 is 22.9 Å². The van der Waals surface area contributed by atoms with Crippen LogP contribution in [0, 0.1) is 11.8 Å². The van der Waals surface area contributed by atoms with E-state index in [1.807, 2.05) is 0 Å². The fourth-order valence-electron chi connectivity index (χ4n) is 5.05. The van der Waals surface area contributed by atoms with Gasteiger partial charge in [0.1, 0.15) is 12.5 Å². The van der Waals surface area contributed by atoms with Gasteiger partial charge in [0, 0.05) is 12.1 Å². The summed E-state index contributed by atoms with van der Waals surface area (Å²) >= 11 is 0. The average molecular weight is 527 g/mol. The van der Waals surface area contributed by atoms with Gasteiger partial charge in [0.2, 0.25) is 0 Å². The third kappa shape index (κ3) is 25.8. The Hall–Kier alpha value is -0.200. The SMILES string of the molecule is CC(C)CCCCCCCCCCCC(N)C(N)OC(N)C(N)CCCCCCCCCCCC(C)C. The summed E-state index contributed by atoms with van der Waals surface area (Å²) in [6, 6.07) is -0.353. The van der Waals surface area contributed by atoms with Crippen LogP contribution in [0.25, 0.3) is 0 Å². The second kappa shape index (κ2) is 26.0. The van der Waals surface area contributed by atoms with Gasteiger partial charge in [-0.15, -0.1) is 0 Å². The number of hydrogen-bond acceptors (Lipinski definition) is 5. The van der Waals surface area contributed by atoms with Crippen LogP contribution in [0.1, 0.15) is 169 Å². The number of ether oxygens (including phenoxy) is 1. The summed E-state index contributed by atoms with van der Waals surface area (Å²) in [5.74, 6) is 1.70. The second-order valence-electron chi connectivity index (χ2n) is 12.7. The Kier molecular flexibility index (Phi) is 25.9. The molecule has 5 nitrogen and oxygen atoms in total. The zero-order valence-corrected chi connectivity index (χ0v) is 25.7. The van der Waals surface area contributed by atoms with Gasteiger partial charge < -0.3 is 27.7 Å². The van der Waals surface area contributed by atoms with Crippen LogP contribution in [0.15, 0.2) is 0 Å². The van der Waals surface area contributed by atoms with Crippen molar-refractivity contribution >= 4 is 0 Å². The van der Waals surface area contributed by atoms with Crippen LogP contribution in [-0.4, -0.2) is 24.5 Å². The standard InChI is InChI=1S/C32H70N4O/c1-27(2)23-19-15-11-7-5-9-13-17-21-25-29(33)31(35)37-32(36)30(34)26-22-18-14-10-6-8-12-16-20-24-28(3)4/h27-32H,5-26,33-36H2,1-4H3. The molecule has 0 fully saturated rings. The Morgan fingerprint density at radius 1 is 0.351 bits per heavy atom. The minimum Gasteiger partial charge on any atom is -0.342 e. The summed E-state index contributed by atoms with van der Waals surface area (Å²) in [4.78, 5) is 0. The molecule has 0 heterocycles. The molecule has 0 bridgehead atoms. The first-order valence-corrected chi connectivity index (χ1v) is 16.4. The van der Waals surface area contributed by atoms with Crippen molar-refractivity contribution in [1.29, 1.82) is 0 Å². The van der Waals surface area contributed by atoms with Gasteiger partial charge in [0.15, 0.2) is 0 Å². The number of unbranched alkanes of at least 4 members (excludes halogenated alkanes) is 16. The van der Waals surface area contributed by atoms with E-state index in [-0.39, 0.29) is 12.1 Å². The van der Waals surface area contributed by atoms with Gasteiger partial charge in [0.25, 0.3) is 0 Å². The lowest BCUT2D eigenvalue weighted by atomic mass is 10.0. The van der Waals surface area contributed by atoms with Crippen molar-refractivity contribution in [2.75, 3.05) is 0 Å². The van der Waals surface area contributed by atoms with Crippen molar-refractivity contribution in [3.05, 3.63) is 0 Å². The molecule has 0 aliphatic rings. The van der Waals surface area contributed by atoms with E-state index < -0.39 is 12.5 Å². The molecule has 0 saturated heterocycles. The van der Waals surface area contributed by atoms with Crippen LogP contribution in [0.4, 0.5) is 0 Å². The lowest BCUT2D eigenvalue weighted by Gasteiger charge is -2.27. The maximum atomic E-state index is 6.27. The topological polar surface area (TPSA) is 113 Å². The number of nitrogens with two attached hydrogens (primary N) is 4. The molecule has 0 aromatic rings. The van der Waals surface area contributed by atoms with E-state index in [4.69, 9.17) is 27.7 Å². The van der Waals surface area contributed by atoms with Crippen LogP contribution in [0.5, 0.6) is 0 Å². The second-order valence-corrected chi connectivity index (χ2v) is 12.7. The molecule has 224 valence electrons. The molecule has 0 rings (SSSR count). The lowest BCUT2D eigenvalue weighted by molar-refractivity contribution is -0.0332. The van der Waals surface area contributed by atoms with Crippen molar-refractivity contribution < 1.29 is 4.74 Å². The van der Waals surface area contributed by atoms with Gasteiger partial charge in [0.05, 0.1) is 0 Å². The fraction of sp³-hybridized carbons (Fsp3) is 1.00. The zero-order valence-electron chi connectivity index (χ0n) is 25.7. The predicted octanol–water partition coefficient (Wildman–Crippen LogP) is 8.12. The van der Waals surface area contributed by atoms with E-state index in [0.29, 0.717) is 0 Å². The summed E-state index contributed by atoms with van der Waals surface area (Å²) in [6.07, 6.45) is 27.2. The van der Waals surface area contributed by atoms with E-state index in [2.05, 4.69) is 27.7 Å². The van der Waals surface area contributed by atoms with Crippen molar-refractivity contribution in [2.24, 2.45) is 34.8 Å². The van der Waals surface area contributed by atoms with Gasteiger partial charge in [-0.25, -0.2) is 0 Å². The van der Waals surface area contributed by atoms with E-state index >= 15 is 0 Å². The van der Waals surface area contributed by atoms with Gasteiger partial charge in [-0.1, -0.05) is 156 Å². The summed E-state index contributed by atoms with van der Waals surface area (Å²) in [7, 11) is 0. The predicted molar refractivity (Wildman–Crippen MR) is 164 cm³/mol. The fourth-order valence-corrected chi connectivity index (χ4v) is 5.05. The molecule has 37 heavy (non-hydrogen) atoms. The molecule has 0 aromatic heterocycles. The Bertz CT molecular complexity index is 420. The first-order valence-electron chi connectivity index (χ1n) is 16.4. The van der Waals surface area contributed by atoms with Crippen molar-refractivity contribution in [3.8, 4) is 0 Å². The molecule has 5 heteroatoms. The summed E-state index contributed by atoms with van der Waals surface area (Å²) in [6.45, 7) is 9.26. The average Bonchev–Trinajstić information content (AvgIpc) is 2.84. The minimum absolute atomic E-state index is 0.176. The highest BCUT2D eigenvalue weighted by atomic mass is 16.5. The summed E-state index contributed by atoms with van der Waals surface area (Å²) < 4.78 is 5.79. The molecule has 0 aliphatic heterocycles. The van der Waals surface area contributed by atoms with E-state index in [9.17, 15) is 0 Å². The summed E-state index contributed by atoms with van der Waals surface area (Å²) in [5.41, 5.74) is 24.9. The normalized spacial score (nSPS) is 15.4. The highest BCUT2D eigenvalue weighted by molar-refractivity contribution is 4.74. The van der Waals surface area contributed by atoms with Crippen molar-refractivity contribution in [1.82, 2.24) is 0 Å². The summed E-state index contributed by atoms with van der Waals surface area (Å²) in [5, 5.41) is 0. The number of hydrogen-bond donors (Lipinski definition) is 4. The van der Waals surface area contributed by atoms with E-state index in [1.165, 1.54) is 116 Å². The molecule has 8 N–H and O–H groups in total. The highest BCUT2D eigenvalue weighted by Crippen LogP contribution is 2.16. The van der Waals surface area contributed by atoms with Gasteiger partial charge >= 0.3 is 0 Å². The lowest BCUT2D eigenvalue weighted by Crippen LogP contribution is -2.52. The molecule has 0 saturated carbocycles. The largest absolute Gasteiger partial charge is 0.342 e. The van der Waals surface area contributed by atoms with Gasteiger partial charge in [-0.05, 0) is 24.7 Å². The molecule has 4 atom stereocenters. The number of rotatable bonds is 28. The zero-order chi connectivity index (χ0) is 27.7. The first kappa shape index (κ1) is 36.8. The van der Waals surface area contributed by atoms with Crippen LogP contribution >= 0.6 is 0 Å². The Labute approximate surface area is 233 Å². The van der Waals surface area contributed by atoms with Gasteiger partial charge in [-0.2, -0.15) is 0 Å². The molecule has 0 aromatic carbocycles. The minimum atomic E-state index is -0.535. The van der Waals surface area contributed by atoms with E-state index in [1.54, 1.807) is 0 Å². The maximum Gasteiger partial charge on any atom is 0.123 e. The van der Waals surface area contributed by atoms with Crippen LogP contribution in [0.2, 0.25) is 0 Å².